The Morgan fingerprint density at radius 1 is 1.17 bits per heavy atom. The first-order valence-electron chi connectivity index (χ1n) is 7.55. The van der Waals surface area contributed by atoms with Crippen molar-refractivity contribution in [2.24, 2.45) is 5.92 Å². The molecule has 0 saturated heterocycles. The highest BCUT2D eigenvalue weighted by atomic mass is 35.5. The van der Waals surface area contributed by atoms with Crippen LogP contribution in [0.4, 0.5) is 10.1 Å². The molecule has 24 heavy (non-hydrogen) atoms. The first kappa shape index (κ1) is 16.5. The monoisotopic (exact) mass is 347 g/mol. The average molecular weight is 348 g/mol. The van der Waals surface area contributed by atoms with Crippen molar-refractivity contribution in [3.8, 4) is 0 Å². The van der Waals surface area contributed by atoms with Crippen LogP contribution in [0.5, 0.6) is 0 Å². The molecular formula is C18H15ClFNO3. The van der Waals surface area contributed by atoms with E-state index in [1.807, 2.05) is 0 Å². The number of rotatable bonds is 5. The number of hydrogen-bond donors (Lipinski definition) is 1. The lowest BCUT2D eigenvalue weighted by atomic mass is 10.2. The summed E-state index contributed by atoms with van der Waals surface area (Å²) in [5, 5.41) is 3.01. The van der Waals surface area contributed by atoms with Crippen LogP contribution in [0.1, 0.15) is 28.8 Å². The van der Waals surface area contributed by atoms with Crippen molar-refractivity contribution in [3.05, 3.63) is 64.4 Å². The van der Waals surface area contributed by atoms with Gasteiger partial charge in [0.15, 0.2) is 0 Å². The molecule has 0 spiro atoms. The summed E-state index contributed by atoms with van der Waals surface area (Å²) in [7, 11) is 0. The van der Waals surface area contributed by atoms with Crippen LogP contribution in [0, 0.1) is 11.7 Å². The quantitative estimate of drug-likeness (QED) is 0.825. The molecule has 0 heterocycles. The summed E-state index contributed by atoms with van der Waals surface area (Å²) < 4.78 is 18.1. The maximum Gasteiger partial charge on any atom is 0.338 e. The zero-order valence-corrected chi connectivity index (χ0v) is 13.5. The smallest absolute Gasteiger partial charge is 0.338 e. The number of anilines is 1. The summed E-state index contributed by atoms with van der Waals surface area (Å²) in [6.45, 7) is -0.0435. The van der Waals surface area contributed by atoms with E-state index >= 15 is 0 Å². The molecular weight excluding hydrogens is 333 g/mol. The zero-order valence-electron chi connectivity index (χ0n) is 12.7. The maximum atomic E-state index is 13.0. The number of esters is 1. The summed E-state index contributed by atoms with van der Waals surface area (Å²) in [6, 6.07) is 10.4. The lowest BCUT2D eigenvalue weighted by molar-refractivity contribution is -0.117. The number of amides is 1. The van der Waals surface area contributed by atoms with Crippen molar-refractivity contribution in [1.82, 2.24) is 0 Å². The number of nitrogens with one attached hydrogen (secondary N) is 1. The van der Waals surface area contributed by atoms with Crippen LogP contribution in [0.2, 0.25) is 5.02 Å². The molecule has 1 saturated carbocycles. The topological polar surface area (TPSA) is 55.4 Å². The number of halogens is 2. The van der Waals surface area contributed by atoms with Crippen LogP contribution in [0.3, 0.4) is 0 Å². The largest absolute Gasteiger partial charge is 0.457 e. The Hall–Kier alpha value is -2.40. The highest BCUT2D eigenvalue weighted by molar-refractivity contribution is 6.31. The molecule has 6 heteroatoms. The van der Waals surface area contributed by atoms with Crippen molar-refractivity contribution in [1.29, 1.82) is 0 Å². The molecule has 0 aromatic heterocycles. The SMILES string of the molecule is O=C(OCc1ccc(F)cc1Cl)c1ccc(NC(=O)C2CC2)cc1. The van der Waals surface area contributed by atoms with Crippen molar-refractivity contribution >= 4 is 29.2 Å². The van der Waals surface area contributed by atoms with Gasteiger partial charge in [0, 0.05) is 17.2 Å². The number of hydrogen-bond acceptors (Lipinski definition) is 3. The summed E-state index contributed by atoms with van der Waals surface area (Å²) in [5.41, 5.74) is 1.53. The molecule has 1 fully saturated rings. The molecule has 3 rings (SSSR count). The van der Waals surface area contributed by atoms with Gasteiger partial charge in [-0.3, -0.25) is 4.79 Å². The van der Waals surface area contributed by atoms with E-state index in [-0.39, 0.29) is 23.5 Å². The molecule has 0 bridgehead atoms. The molecule has 0 unspecified atom stereocenters. The third kappa shape index (κ3) is 4.11. The van der Waals surface area contributed by atoms with Crippen LogP contribution in [-0.2, 0) is 16.1 Å². The second kappa shape index (κ2) is 7.01. The van der Waals surface area contributed by atoms with Crippen LogP contribution >= 0.6 is 11.6 Å². The minimum absolute atomic E-state index is 0.0104. The number of carbonyl (C=O) groups is 2. The Labute approximate surface area is 143 Å². The molecule has 1 N–H and O–H groups in total. The Bertz CT molecular complexity index is 772. The molecule has 2 aromatic rings. The number of carbonyl (C=O) groups excluding carboxylic acids is 2. The van der Waals surface area contributed by atoms with Crippen LogP contribution in [0.25, 0.3) is 0 Å². The van der Waals surface area contributed by atoms with E-state index in [9.17, 15) is 14.0 Å². The molecule has 2 aromatic carbocycles. The van der Waals surface area contributed by atoms with Gasteiger partial charge in [0.25, 0.3) is 0 Å². The average Bonchev–Trinajstić information content (AvgIpc) is 3.39. The number of benzene rings is 2. The lowest BCUT2D eigenvalue weighted by Crippen LogP contribution is -2.13. The molecule has 1 aliphatic rings. The fourth-order valence-corrected chi connectivity index (χ4v) is 2.37. The van der Waals surface area contributed by atoms with Crippen molar-refractivity contribution in [3.63, 3.8) is 0 Å². The Balaban J connectivity index is 1.57. The summed E-state index contributed by atoms with van der Waals surface area (Å²) in [5.74, 6) is -0.833. The van der Waals surface area contributed by atoms with Crippen molar-refractivity contribution in [2.75, 3.05) is 5.32 Å². The van der Waals surface area contributed by atoms with Gasteiger partial charge < -0.3 is 10.1 Å². The fraction of sp³-hybridized carbons (Fsp3) is 0.222. The number of ether oxygens (including phenoxy) is 1. The van der Waals surface area contributed by atoms with E-state index in [2.05, 4.69) is 5.32 Å². The highest BCUT2D eigenvalue weighted by Crippen LogP contribution is 2.30. The molecule has 0 radical (unpaired) electrons. The van der Waals surface area contributed by atoms with Gasteiger partial charge in [-0.2, -0.15) is 0 Å². The fourth-order valence-electron chi connectivity index (χ4n) is 2.14. The van der Waals surface area contributed by atoms with E-state index in [1.165, 1.54) is 18.2 Å². The third-order valence-corrected chi connectivity index (χ3v) is 4.06. The van der Waals surface area contributed by atoms with E-state index < -0.39 is 11.8 Å². The van der Waals surface area contributed by atoms with Gasteiger partial charge in [0.05, 0.1) is 10.6 Å². The Morgan fingerprint density at radius 2 is 1.88 bits per heavy atom. The van der Waals surface area contributed by atoms with E-state index in [0.717, 1.165) is 12.8 Å². The summed E-state index contributed by atoms with van der Waals surface area (Å²) in [6.07, 6.45) is 1.87. The lowest BCUT2D eigenvalue weighted by Gasteiger charge is -2.08. The predicted molar refractivity (Wildman–Crippen MR) is 88.3 cm³/mol. The zero-order chi connectivity index (χ0) is 17.1. The summed E-state index contributed by atoms with van der Waals surface area (Å²) >= 11 is 5.89. The van der Waals surface area contributed by atoms with Gasteiger partial charge in [0.1, 0.15) is 12.4 Å². The van der Waals surface area contributed by atoms with Gasteiger partial charge in [0.2, 0.25) is 5.91 Å². The predicted octanol–water partition coefficient (Wildman–Crippen LogP) is 4.18. The van der Waals surface area contributed by atoms with Gasteiger partial charge in [-0.05, 0) is 49.2 Å². The van der Waals surface area contributed by atoms with Crippen molar-refractivity contribution < 1.29 is 18.7 Å². The minimum Gasteiger partial charge on any atom is -0.457 e. The molecule has 0 atom stereocenters. The minimum atomic E-state index is -0.518. The van der Waals surface area contributed by atoms with Crippen molar-refractivity contribution in [2.45, 2.75) is 19.4 Å². The Morgan fingerprint density at radius 3 is 2.50 bits per heavy atom. The first-order chi connectivity index (χ1) is 11.5. The van der Waals surface area contributed by atoms with E-state index in [0.29, 0.717) is 16.8 Å². The maximum absolute atomic E-state index is 13.0. The third-order valence-electron chi connectivity index (χ3n) is 3.71. The second-order valence-corrected chi connectivity index (χ2v) is 6.06. The second-order valence-electron chi connectivity index (χ2n) is 5.65. The molecule has 4 nitrogen and oxygen atoms in total. The van der Waals surface area contributed by atoms with Crippen LogP contribution in [-0.4, -0.2) is 11.9 Å². The highest BCUT2D eigenvalue weighted by Gasteiger charge is 2.29. The van der Waals surface area contributed by atoms with Crippen LogP contribution < -0.4 is 5.32 Å². The Kier molecular flexibility index (Phi) is 4.81. The van der Waals surface area contributed by atoms with Gasteiger partial charge in [-0.25, -0.2) is 9.18 Å². The first-order valence-corrected chi connectivity index (χ1v) is 7.93. The van der Waals surface area contributed by atoms with Gasteiger partial charge >= 0.3 is 5.97 Å². The van der Waals surface area contributed by atoms with Gasteiger partial charge in [-0.15, -0.1) is 0 Å². The molecule has 0 aliphatic heterocycles. The van der Waals surface area contributed by atoms with Crippen LogP contribution in [0.15, 0.2) is 42.5 Å². The molecule has 1 aliphatic carbocycles. The normalized spacial score (nSPS) is 13.4. The van der Waals surface area contributed by atoms with E-state index in [4.69, 9.17) is 16.3 Å². The molecule has 124 valence electrons. The van der Waals surface area contributed by atoms with Gasteiger partial charge in [-0.1, -0.05) is 17.7 Å². The van der Waals surface area contributed by atoms with E-state index in [1.54, 1.807) is 24.3 Å². The standard InChI is InChI=1S/C18H15ClFNO3/c19-16-9-14(20)6-3-13(16)10-24-18(23)12-4-7-15(8-5-12)21-17(22)11-1-2-11/h3-9,11H,1-2,10H2,(H,21,22). The molecule has 1 amide bonds. The summed E-state index contributed by atoms with van der Waals surface area (Å²) in [4.78, 5) is 23.7.